The number of fused-ring (bicyclic) bond motifs is 1. The molecule has 0 radical (unpaired) electrons. The van der Waals surface area contributed by atoms with Crippen LogP contribution in [0.2, 0.25) is 0 Å². The fraction of sp³-hybridized carbons (Fsp3) is 0.462. The van der Waals surface area contributed by atoms with E-state index >= 15 is 0 Å². The average molecular weight is 492 g/mol. The van der Waals surface area contributed by atoms with Crippen LogP contribution in [0.25, 0.3) is 0 Å². The first-order valence-electron chi connectivity index (χ1n) is 12.2. The topological polar surface area (TPSA) is 109 Å². The molecule has 0 unspecified atom stereocenters. The van der Waals surface area contributed by atoms with Gasteiger partial charge in [0.2, 0.25) is 11.9 Å². The molecular weight excluding hydrogens is 454 g/mol. The quantitative estimate of drug-likeness (QED) is 0.430. The van der Waals surface area contributed by atoms with Crippen molar-refractivity contribution in [1.29, 1.82) is 0 Å². The summed E-state index contributed by atoms with van der Waals surface area (Å²) in [4.78, 5) is 24.7. The molecule has 0 bridgehead atoms. The number of aromatic nitrogens is 4. The number of hydrogen-bond donors (Lipinski definition) is 2. The summed E-state index contributed by atoms with van der Waals surface area (Å²) in [6.45, 7) is 11.4. The van der Waals surface area contributed by atoms with Gasteiger partial charge in [-0.25, -0.2) is 9.97 Å². The number of pyridine rings is 1. The number of rotatable bonds is 9. The van der Waals surface area contributed by atoms with Crippen LogP contribution in [0.1, 0.15) is 32.2 Å². The minimum absolute atomic E-state index is 0.118. The van der Waals surface area contributed by atoms with Crippen molar-refractivity contribution in [3.8, 4) is 5.75 Å². The summed E-state index contributed by atoms with van der Waals surface area (Å²) in [7, 11) is 6.14. The first kappa shape index (κ1) is 25.4. The minimum Gasteiger partial charge on any atom is -0.492 e. The Labute approximate surface area is 213 Å². The molecule has 0 spiro atoms. The van der Waals surface area contributed by atoms with E-state index in [2.05, 4.69) is 64.0 Å². The largest absolute Gasteiger partial charge is 0.492 e. The molecule has 0 saturated carbocycles. The standard InChI is InChI=1S/C26H37N9O/c1-8-36-22-14-21(34(7)12-11-33(5)6)18(27)13-19(22)31-24-28-16-29-25(32-24)35-15-26(3,4)23-20(35)10-9-17(2)30-23/h9-10,13-14,16H,8,11-12,15,27H2,1-7H3,(H,28,29,31,32). The first-order valence-corrected chi connectivity index (χ1v) is 12.2. The number of benzene rings is 1. The fourth-order valence-electron chi connectivity index (χ4n) is 4.36. The Bertz CT molecular complexity index is 1230. The zero-order valence-corrected chi connectivity index (χ0v) is 22.3. The lowest BCUT2D eigenvalue weighted by Gasteiger charge is -2.25. The molecule has 0 fully saturated rings. The summed E-state index contributed by atoms with van der Waals surface area (Å²) in [6.07, 6.45) is 1.52. The van der Waals surface area contributed by atoms with Crippen molar-refractivity contribution in [2.24, 2.45) is 0 Å². The van der Waals surface area contributed by atoms with Crippen LogP contribution in [0, 0.1) is 6.92 Å². The number of nitrogens with two attached hydrogens (primary N) is 1. The predicted octanol–water partition coefficient (Wildman–Crippen LogP) is 3.73. The Hall–Kier alpha value is -3.66. The van der Waals surface area contributed by atoms with Gasteiger partial charge in [-0.15, -0.1) is 0 Å². The number of nitrogen functional groups attached to an aromatic ring is 1. The molecule has 36 heavy (non-hydrogen) atoms. The minimum atomic E-state index is -0.118. The monoisotopic (exact) mass is 491 g/mol. The summed E-state index contributed by atoms with van der Waals surface area (Å²) < 4.78 is 5.95. The highest BCUT2D eigenvalue weighted by molar-refractivity contribution is 5.79. The van der Waals surface area contributed by atoms with Crippen molar-refractivity contribution < 1.29 is 4.74 Å². The molecule has 0 amide bonds. The smallest absolute Gasteiger partial charge is 0.234 e. The maximum Gasteiger partial charge on any atom is 0.234 e. The van der Waals surface area contributed by atoms with Crippen LogP contribution in [-0.2, 0) is 5.41 Å². The van der Waals surface area contributed by atoms with Crippen molar-refractivity contribution in [2.45, 2.75) is 33.1 Å². The maximum absolute atomic E-state index is 6.45. The van der Waals surface area contributed by atoms with E-state index in [9.17, 15) is 0 Å². The van der Waals surface area contributed by atoms with Crippen LogP contribution in [0.5, 0.6) is 5.75 Å². The fourth-order valence-corrected chi connectivity index (χ4v) is 4.36. The third-order valence-corrected chi connectivity index (χ3v) is 6.27. The van der Waals surface area contributed by atoms with Gasteiger partial charge in [-0.3, -0.25) is 4.98 Å². The van der Waals surface area contributed by atoms with E-state index in [0.29, 0.717) is 35.6 Å². The molecule has 0 aliphatic carbocycles. The molecule has 0 saturated heterocycles. The summed E-state index contributed by atoms with van der Waals surface area (Å²) in [6, 6.07) is 7.94. The molecule has 10 heteroatoms. The Morgan fingerprint density at radius 1 is 1.11 bits per heavy atom. The molecule has 1 aliphatic heterocycles. The van der Waals surface area contributed by atoms with Gasteiger partial charge in [0.1, 0.15) is 12.1 Å². The lowest BCUT2D eigenvalue weighted by Crippen LogP contribution is -2.29. The van der Waals surface area contributed by atoms with Crippen LogP contribution in [0.3, 0.4) is 0 Å². The molecule has 1 aliphatic rings. The van der Waals surface area contributed by atoms with Gasteiger partial charge in [-0.05, 0) is 46.1 Å². The van der Waals surface area contributed by atoms with E-state index < -0.39 is 0 Å². The van der Waals surface area contributed by atoms with Crippen molar-refractivity contribution in [1.82, 2.24) is 24.8 Å². The Kier molecular flexibility index (Phi) is 7.16. The maximum atomic E-state index is 6.45. The third-order valence-electron chi connectivity index (χ3n) is 6.27. The van der Waals surface area contributed by atoms with Crippen molar-refractivity contribution in [3.05, 3.63) is 42.0 Å². The second-order valence-corrected chi connectivity index (χ2v) is 10.1. The summed E-state index contributed by atoms with van der Waals surface area (Å²) in [5.74, 6) is 1.67. The van der Waals surface area contributed by atoms with Gasteiger partial charge in [-0.2, -0.15) is 4.98 Å². The van der Waals surface area contributed by atoms with Crippen LogP contribution >= 0.6 is 0 Å². The van der Waals surface area contributed by atoms with Crippen LogP contribution in [0.4, 0.5) is 34.6 Å². The summed E-state index contributed by atoms with van der Waals surface area (Å²) >= 11 is 0. The number of hydrogen-bond acceptors (Lipinski definition) is 10. The van der Waals surface area contributed by atoms with Gasteiger partial charge in [-0.1, -0.05) is 13.8 Å². The summed E-state index contributed by atoms with van der Waals surface area (Å²) in [5.41, 5.74) is 11.7. The molecule has 1 aromatic carbocycles. The average Bonchev–Trinajstić information content (AvgIpc) is 3.09. The van der Waals surface area contributed by atoms with Crippen molar-refractivity contribution in [2.75, 3.05) is 68.2 Å². The zero-order valence-electron chi connectivity index (χ0n) is 22.3. The number of aryl methyl sites for hydroxylation is 1. The molecule has 192 valence electrons. The predicted molar refractivity (Wildman–Crippen MR) is 146 cm³/mol. The van der Waals surface area contributed by atoms with Gasteiger partial charge in [0.15, 0.2) is 0 Å². The number of nitrogens with one attached hydrogen (secondary N) is 1. The van der Waals surface area contributed by atoms with E-state index in [4.69, 9.17) is 20.4 Å². The molecule has 3 aromatic rings. The normalized spacial score (nSPS) is 14.2. The molecule has 0 atom stereocenters. The van der Waals surface area contributed by atoms with Crippen LogP contribution in [0.15, 0.2) is 30.6 Å². The highest BCUT2D eigenvalue weighted by Gasteiger charge is 2.38. The lowest BCUT2D eigenvalue weighted by molar-refractivity contribution is 0.342. The number of ether oxygens (including phenoxy) is 1. The molecule has 4 rings (SSSR count). The van der Waals surface area contributed by atoms with Crippen molar-refractivity contribution in [3.63, 3.8) is 0 Å². The van der Waals surface area contributed by atoms with Gasteiger partial charge in [0.25, 0.3) is 0 Å². The molecule has 3 N–H and O–H groups in total. The van der Waals surface area contributed by atoms with Crippen molar-refractivity contribution >= 4 is 34.6 Å². The zero-order chi connectivity index (χ0) is 26.0. The van der Waals surface area contributed by atoms with E-state index in [1.165, 1.54) is 6.33 Å². The third kappa shape index (κ3) is 5.28. The SMILES string of the molecule is CCOc1cc(N(C)CCN(C)C)c(N)cc1Nc1ncnc(N2CC(C)(C)c3nc(C)ccc32)n1. The van der Waals surface area contributed by atoms with Crippen LogP contribution < -0.4 is 25.6 Å². The van der Waals surface area contributed by atoms with Crippen LogP contribution in [-0.4, -0.2) is 72.2 Å². The Balaban J connectivity index is 1.62. The first-order chi connectivity index (χ1) is 17.1. The Morgan fingerprint density at radius 3 is 2.61 bits per heavy atom. The molecule has 2 aromatic heterocycles. The highest BCUT2D eigenvalue weighted by Crippen LogP contribution is 2.42. The lowest BCUT2D eigenvalue weighted by atomic mass is 9.91. The second-order valence-electron chi connectivity index (χ2n) is 10.1. The van der Waals surface area contributed by atoms with E-state index in [-0.39, 0.29) is 5.41 Å². The number of nitrogens with zero attached hydrogens (tertiary/aromatic N) is 7. The molecule has 10 nitrogen and oxygen atoms in total. The van der Waals surface area contributed by atoms with Gasteiger partial charge in [0, 0.05) is 43.9 Å². The van der Waals surface area contributed by atoms with Gasteiger partial charge < -0.3 is 30.5 Å². The van der Waals surface area contributed by atoms with Gasteiger partial charge >= 0.3 is 0 Å². The summed E-state index contributed by atoms with van der Waals surface area (Å²) in [5, 5.41) is 3.30. The van der Waals surface area contributed by atoms with E-state index in [0.717, 1.165) is 42.4 Å². The van der Waals surface area contributed by atoms with E-state index in [1.807, 2.05) is 39.1 Å². The number of anilines is 6. The molecular formula is C26H37N9O. The molecule has 3 heterocycles. The second kappa shape index (κ2) is 10.1. The Morgan fingerprint density at radius 2 is 1.89 bits per heavy atom. The van der Waals surface area contributed by atoms with Gasteiger partial charge in [0.05, 0.1) is 35.1 Å². The van der Waals surface area contributed by atoms with E-state index in [1.54, 1.807) is 0 Å². The highest BCUT2D eigenvalue weighted by atomic mass is 16.5. The number of likely N-dealkylation sites (N-methyl/N-ethyl adjacent to an activating group) is 2.